The summed E-state index contributed by atoms with van der Waals surface area (Å²) < 4.78 is 0. The number of hydrogen-bond donors (Lipinski definition) is 1. The third-order valence-corrected chi connectivity index (χ3v) is 5.16. The Labute approximate surface area is 129 Å². The average Bonchev–Trinajstić information content (AvgIpc) is 2.45. The van der Waals surface area contributed by atoms with Crippen LogP contribution in [0.25, 0.3) is 0 Å². The van der Waals surface area contributed by atoms with Crippen LogP contribution in [0.3, 0.4) is 0 Å². The molecule has 0 radical (unpaired) electrons. The maximum absolute atomic E-state index is 6.40. The Bertz CT molecular complexity index is 424. The number of nitrogens with zero attached hydrogens (tertiary/aromatic N) is 2. The van der Waals surface area contributed by atoms with Crippen molar-refractivity contribution in [2.45, 2.75) is 58.5 Å². The normalized spacial score (nSPS) is 27.0. The molecule has 1 saturated carbocycles. The second-order valence-electron chi connectivity index (χ2n) is 7.69. The molecule has 0 aromatic carbocycles. The van der Waals surface area contributed by atoms with Gasteiger partial charge >= 0.3 is 0 Å². The van der Waals surface area contributed by atoms with Gasteiger partial charge in [0.05, 0.1) is 0 Å². The summed E-state index contributed by atoms with van der Waals surface area (Å²) in [5.41, 5.74) is 8.15. The van der Waals surface area contributed by atoms with Crippen molar-refractivity contribution < 1.29 is 0 Å². The Hall–Kier alpha value is -0.930. The van der Waals surface area contributed by atoms with E-state index in [1.54, 1.807) is 0 Å². The van der Waals surface area contributed by atoms with E-state index in [0.29, 0.717) is 17.5 Å². The van der Waals surface area contributed by atoms with E-state index in [9.17, 15) is 0 Å². The van der Waals surface area contributed by atoms with Crippen LogP contribution in [-0.4, -0.2) is 35.6 Å². The molecule has 1 aliphatic carbocycles. The minimum atomic E-state index is 0.325. The number of pyridine rings is 1. The van der Waals surface area contributed by atoms with Crippen molar-refractivity contribution in [3.63, 3.8) is 0 Å². The van der Waals surface area contributed by atoms with E-state index in [4.69, 9.17) is 5.73 Å². The standard InChI is InChI=1S/C18H31N3/c1-18(2,3)15-5-6-16(19)17(13-15)21(4)12-9-14-7-10-20-11-8-14/h7-8,10-11,15-17H,5-6,9,12-13,19H2,1-4H3. The topological polar surface area (TPSA) is 42.2 Å². The van der Waals surface area contributed by atoms with Crippen LogP contribution in [0.15, 0.2) is 24.5 Å². The molecule has 0 saturated heterocycles. The second-order valence-corrected chi connectivity index (χ2v) is 7.69. The smallest absolute Gasteiger partial charge is 0.0270 e. The SMILES string of the molecule is CN(CCc1ccncc1)C1CC(C(C)(C)C)CCC1N. The lowest BCUT2D eigenvalue weighted by atomic mass is 9.69. The van der Waals surface area contributed by atoms with Crippen molar-refractivity contribution in [2.75, 3.05) is 13.6 Å². The Kier molecular flexibility index (Phi) is 5.39. The zero-order chi connectivity index (χ0) is 15.5. The van der Waals surface area contributed by atoms with Crippen molar-refractivity contribution >= 4 is 0 Å². The van der Waals surface area contributed by atoms with Crippen molar-refractivity contribution in [3.05, 3.63) is 30.1 Å². The monoisotopic (exact) mass is 289 g/mol. The Balaban J connectivity index is 1.92. The van der Waals surface area contributed by atoms with Crippen LogP contribution in [0.4, 0.5) is 0 Å². The first-order valence-electron chi connectivity index (χ1n) is 8.22. The van der Waals surface area contributed by atoms with Crippen molar-refractivity contribution in [1.82, 2.24) is 9.88 Å². The summed E-state index contributed by atoms with van der Waals surface area (Å²) in [5.74, 6) is 0.783. The van der Waals surface area contributed by atoms with Gasteiger partial charge in [-0.3, -0.25) is 4.98 Å². The fraction of sp³-hybridized carbons (Fsp3) is 0.722. The molecule has 0 bridgehead atoms. The number of nitrogens with two attached hydrogens (primary N) is 1. The van der Waals surface area contributed by atoms with Crippen molar-refractivity contribution in [2.24, 2.45) is 17.1 Å². The summed E-state index contributed by atoms with van der Waals surface area (Å²) in [6, 6.07) is 5.05. The predicted molar refractivity (Wildman–Crippen MR) is 89.1 cm³/mol. The van der Waals surface area contributed by atoms with Gasteiger partial charge in [-0.25, -0.2) is 0 Å². The van der Waals surface area contributed by atoms with Gasteiger partial charge in [-0.05, 0) is 61.8 Å². The van der Waals surface area contributed by atoms with E-state index >= 15 is 0 Å². The van der Waals surface area contributed by atoms with E-state index in [0.717, 1.165) is 25.3 Å². The molecule has 2 N–H and O–H groups in total. The van der Waals surface area contributed by atoms with Gasteiger partial charge in [0.15, 0.2) is 0 Å². The van der Waals surface area contributed by atoms with Crippen LogP contribution in [0, 0.1) is 11.3 Å². The number of aromatic nitrogens is 1. The quantitative estimate of drug-likeness (QED) is 0.926. The van der Waals surface area contributed by atoms with Crippen LogP contribution >= 0.6 is 0 Å². The molecule has 1 aliphatic rings. The summed E-state index contributed by atoms with van der Waals surface area (Å²) in [6.07, 6.45) is 8.49. The maximum Gasteiger partial charge on any atom is 0.0270 e. The van der Waals surface area contributed by atoms with Crippen LogP contribution in [0.5, 0.6) is 0 Å². The summed E-state index contributed by atoms with van der Waals surface area (Å²) in [6.45, 7) is 8.16. The summed E-state index contributed by atoms with van der Waals surface area (Å²) in [7, 11) is 2.23. The summed E-state index contributed by atoms with van der Waals surface area (Å²) in [5, 5.41) is 0. The van der Waals surface area contributed by atoms with Gasteiger partial charge in [0, 0.05) is 31.0 Å². The lowest BCUT2D eigenvalue weighted by molar-refractivity contribution is 0.0848. The van der Waals surface area contributed by atoms with Gasteiger partial charge in [-0.15, -0.1) is 0 Å². The molecule has 1 aromatic heterocycles. The first-order valence-corrected chi connectivity index (χ1v) is 8.22. The fourth-order valence-corrected chi connectivity index (χ4v) is 3.48. The molecule has 21 heavy (non-hydrogen) atoms. The van der Waals surface area contributed by atoms with Gasteiger partial charge in [-0.2, -0.15) is 0 Å². The molecule has 0 aliphatic heterocycles. The molecule has 0 spiro atoms. The third kappa shape index (κ3) is 4.52. The third-order valence-electron chi connectivity index (χ3n) is 5.16. The molecule has 118 valence electrons. The molecule has 3 unspecified atom stereocenters. The van der Waals surface area contributed by atoms with E-state index in [2.05, 4.69) is 49.8 Å². The summed E-state index contributed by atoms with van der Waals surface area (Å²) in [4.78, 5) is 6.55. The highest BCUT2D eigenvalue weighted by molar-refractivity contribution is 5.10. The van der Waals surface area contributed by atoms with Crippen LogP contribution in [0.1, 0.15) is 45.6 Å². The Morgan fingerprint density at radius 2 is 1.90 bits per heavy atom. The minimum Gasteiger partial charge on any atom is -0.326 e. The largest absolute Gasteiger partial charge is 0.326 e. The molecule has 0 amide bonds. The van der Waals surface area contributed by atoms with Gasteiger partial charge < -0.3 is 10.6 Å². The van der Waals surface area contributed by atoms with E-state index < -0.39 is 0 Å². The van der Waals surface area contributed by atoms with Gasteiger partial charge in [-0.1, -0.05) is 20.8 Å². The van der Waals surface area contributed by atoms with E-state index in [1.807, 2.05) is 12.4 Å². The molecule has 3 heteroatoms. The molecule has 2 rings (SSSR count). The lowest BCUT2D eigenvalue weighted by Crippen LogP contribution is -2.51. The molecule has 1 aromatic rings. The van der Waals surface area contributed by atoms with Gasteiger partial charge in [0.2, 0.25) is 0 Å². The molecular weight excluding hydrogens is 258 g/mol. The Morgan fingerprint density at radius 1 is 1.24 bits per heavy atom. The van der Waals surface area contributed by atoms with E-state index in [-0.39, 0.29) is 0 Å². The average molecular weight is 289 g/mol. The Morgan fingerprint density at radius 3 is 2.52 bits per heavy atom. The van der Waals surface area contributed by atoms with Gasteiger partial charge in [0.25, 0.3) is 0 Å². The zero-order valence-corrected chi connectivity index (χ0v) is 14.0. The highest BCUT2D eigenvalue weighted by Crippen LogP contribution is 2.38. The van der Waals surface area contributed by atoms with Gasteiger partial charge in [0.1, 0.15) is 0 Å². The first-order chi connectivity index (χ1) is 9.88. The first kappa shape index (κ1) is 16.4. The molecule has 1 heterocycles. The highest BCUT2D eigenvalue weighted by atomic mass is 15.1. The number of hydrogen-bond acceptors (Lipinski definition) is 3. The highest BCUT2D eigenvalue weighted by Gasteiger charge is 2.35. The van der Waals surface area contributed by atoms with Crippen LogP contribution in [0.2, 0.25) is 0 Å². The minimum absolute atomic E-state index is 0.325. The van der Waals surface area contributed by atoms with Crippen molar-refractivity contribution in [3.8, 4) is 0 Å². The summed E-state index contributed by atoms with van der Waals surface area (Å²) >= 11 is 0. The predicted octanol–water partition coefficient (Wildman–Crippen LogP) is 3.10. The lowest BCUT2D eigenvalue weighted by Gasteiger charge is -2.44. The van der Waals surface area contributed by atoms with Crippen molar-refractivity contribution in [1.29, 1.82) is 0 Å². The molecule has 3 atom stereocenters. The molecular formula is C18H31N3. The molecule has 3 nitrogen and oxygen atoms in total. The van der Waals surface area contributed by atoms with Crippen LogP contribution < -0.4 is 5.73 Å². The van der Waals surface area contributed by atoms with E-state index in [1.165, 1.54) is 18.4 Å². The zero-order valence-electron chi connectivity index (χ0n) is 14.0. The number of likely N-dealkylation sites (N-methyl/N-ethyl adjacent to an activating group) is 1. The molecule has 1 fully saturated rings. The maximum atomic E-state index is 6.40. The van der Waals surface area contributed by atoms with Crippen LogP contribution in [-0.2, 0) is 6.42 Å². The second kappa shape index (κ2) is 6.89. The fourth-order valence-electron chi connectivity index (χ4n) is 3.48. The number of rotatable bonds is 4.